The van der Waals surface area contributed by atoms with Gasteiger partial charge in [-0.1, -0.05) is 115 Å². The molecule has 0 aliphatic rings. The number of hydrogen-bond acceptors (Lipinski definition) is 1. The molecular formula is C32H23N. The summed E-state index contributed by atoms with van der Waals surface area (Å²) in [5, 5.41) is 8.68. The first-order valence-corrected chi connectivity index (χ1v) is 11.3. The SMILES string of the molecule is c1ccc(-c2ccc(-c3ccc(Nc4cc5ccccc5c5ccccc45)cc3)cc2)cc1. The molecular weight excluding hydrogens is 398 g/mol. The zero-order valence-electron chi connectivity index (χ0n) is 18.2. The van der Waals surface area contributed by atoms with E-state index in [1.807, 2.05) is 6.07 Å². The van der Waals surface area contributed by atoms with Gasteiger partial charge in [0, 0.05) is 16.8 Å². The summed E-state index contributed by atoms with van der Waals surface area (Å²) < 4.78 is 0. The summed E-state index contributed by atoms with van der Waals surface area (Å²) >= 11 is 0. The number of hydrogen-bond donors (Lipinski definition) is 1. The number of benzene rings is 6. The van der Waals surface area contributed by atoms with E-state index in [1.54, 1.807) is 0 Å². The maximum absolute atomic E-state index is 3.65. The fraction of sp³-hybridized carbons (Fsp3) is 0. The van der Waals surface area contributed by atoms with E-state index in [1.165, 1.54) is 43.8 Å². The van der Waals surface area contributed by atoms with E-state index >= 15 is 0 Å². The van der Waals surface area contributed by atoms with Crippen LogP contribution in [0.4, 0.5) is 11.4 Å². The Morgan fingerprint density at radius 3 is 1.52 bits per heavy atom. The van der Waals surface area contributed by atoms with E-state index in [-0.39, 0.29) is 0 Å². The van der Waals surface area contributed by atoms with Crippen molar-refractivity contribution in [3.63, 3.8) is 0 Å². The largest absolute Gasteiger partial charge is 0.355 e. The van der Waals surface area contributed by atoms with Crippen LogP contribution in [0.1, 0.15) is 0 Å². The van der Waals surface area contributed by atoms with E-state index in [0.29, 0.717) is 0 Å². The zero-order valence-corrected chi connectivity index (χ0v) is 18.2. The molecule has 0 fully saturated rings. The van der Waals surface area contributed by atoms with Crippen molar-refractivity contribution in [3.8, 4) is 22.3 Å². The molecule has 0 amide bonds. The van der Waals surface area contributed by atoms with Gasteiger partial charge in [-0.05, 0) is 56.6 Å². The minimum atomic E-state index is 1.08. The molecule has 0 bridgehead atoms. The minimum absolute atomic E-state index is 1.08. The van der Waals surface area contributed by atoms with Crippen molar-refractivity contribution in [1.82, 2.24) is 0 Å². The fourth-order valence-corrected chi connectivity index (χ4v) is 4.54. The van der Waals surface area contributed by atoms with Gasteiger partial charge in [-0.15, -0.1) is 0 Å². The molecule has 0 atom stereocenters. The second-order valence-electron chi connectivity index (χ2n) is 8.34. The topological polar surface area (TPSA) is 12.0 Å². The second kappa shape index (κ2) is 8.29. The van der Waals surface area contributed by atoms with E-state index in [2.05, 4.69) is 133 Å². The van der Waals surface area contributed by atoms with Gasteiger partial charge in [-0.2, -0.15) is 0 Å². The van der Waals surface area contributed by atoms with Gasteiger partial charge in [0.15, 0.2) is 0 Å². The van der Waals surface area contributed by atoms with Crippen molar-refractivity contribution in [2.45, 2.75) is 0 Å². The summed E-state index contributed by atoms with van der Waals surface area (Å²) in [7, 11) is 0. The number of anilines is 2. The van der Waals surface area contributed by atoms with Gasteiger partial charge in [0.25, 0.3) is 0 Å². The van der Waals surface area contributed by atoms with E-state index in [4.69, 9.17) is 0 Å². The van der Waals surface area contributed by atoms with E-state index < -0.39 is 0 Å². The Morgan fingerprint density at radius 1 is 0.364 bits per heavy atom. The highest BCUT2D eigenvalue weighted by Gasteiger charge is 2.07. The standard InChI is InChI=1S/C32H23N/c1-2-8-23(9-3-1)24-14-16-25(17-15-24)26-18-20-28(21-19-26)33-32-22-27-10-4-5-11-29(27)30-12-6-7-13-31(30)32/h1-22,33H. The minimum Gasteiger partial charge on any atom is -0.355 e. The first-order valence-electron chi connectivity index (χ1n) is 11.3. The molecule has 1 heteroatoms. The van der Waals surface area contributed by atoms with Gasteiger partial charge in [0.1, 0.15) is 0 Å². The third-order valence-electron chi connectivity index (χ3n) is 6.26. The maximum Gasteiger partial charge on any atom is 0.0470 e. The molecule has 0 aliphatic carbocycles. The zero-order chi connectivity index (χ0) is 22.0. The first kappa shape index (κ1) is 19.3. The molecule has 0 unspecified atom stereocenters. The van der Waals surface area contributed by atoms with Crippen LogP contribution in [0.25, 0.3) is 43.8 Å². The van der Waals surface area contributed by atoms with Gasteiger partial charge >= 0.3 is 0 Å². The monoisotopic (exact) mass is 421 g/mol. The van der Waals surface area contributed by atoms with Crippen molar-refractivity contribution in [3.05, 3.63) is 133 Å². The van der Waals surface area contributed by atoms with Crippen molar-refractivity contribution < 1.29 is 0 Å². The van der Waals surface area contributed by atoms with Gasteiger partial charge in [0.2, 0.25) is 0 Å². The third kappa shape index (κ3) is 3.75. The van der Waals surface area contributed by atoms with Crippen molar-refractivity contribution >= 4 is 32.9 Å². The van der Waals surface area contributed by atoms with Crippen LogP contribution in [-0.4, -0.2) is 0 Å². The van der Waals surface area contributed by atoms with Crippen LogP contribution < -0.4 is 5.32 Å². The summed E-state index contributed by atoms with van der Waals surface area (Å²) in [6, 6.07) is 47.4. The molecule has 6 aromatic carbocycles. The molecule has 0 saturated heterocycles. The summed E-state index contributed by atoms with van der Waals surface area (Å²) in [6.45, 7) is 0. The summed E-state index contributed by atoms with van der Waals surface area (Å²) in [6.07, 6.45) is 0. The van der Waals surface area contributed by atoms with Crippen LogP contribution in [0.2, 0.25) is 0 Å². The average molecular weight is 422 g/mol. The Balaban J connectivity index is 1.29. The fourth-order valence-electron chi connectivity index (χ4n) is 4.54. The molecule has 0 aliphatic heterocycles. The van der Waals surface area contributed by atoms with Gasteiger partial charge in [-0.25, -0.2) is 0 Å². The number of fused-ring (bicyclic) bond motifs is 3. The molecule has 1 nitrogen and oxygen atoms in total. The van der Waals surface area contributed by atoms with Crippen molar-refractivity contribution in [1.29, 1.82) is 0 Å². The molecule has 0 saturated carbocycles. The summed E-state index contributed by atoms with van der Waals surface area (Å²) in [4.78, 5) is 0. The van der Waals surface area contributed by atoms with Crippen LogP contribution in [0.15, 0.2) is 133 Å². The van der Waals surface area contributed by atoms with Gasteiger partial charge < -0.3 is 5.32 Å². The Morgan fingerprint density at radius 2 is 0.848 bits per heavy atom. The first-order chi connectivity index (χ1) is 16.3. The molecule has 6 rings (SSSR count). The summed E-state index contributed by atoms with van der Waals surface area (Å²) in [5.74, 6) is 0. The molecule has 0 aromatic heterocycles. The van der Waals surface area contributed by atoms with Crippen LogP contribution in [0.5, 0.6) is 0 Å². The Bertz CT molecular complexity index is 1550. The highest BCUT2D eigenvalue weighted by molar-refractivity contribution is 6.13. The van der Waals surface area contributed by atoms with Gasteiger partial charge in [0.05, 0.1) is 0 Å². The van der Waals surface area contributed by atoms with Crippen molar-refractivity contribution in [2.24, 2.45) is 0 Å². The molecule has 156 valence electrons. The Hall–Kier alpha value is -4.36. The smallest absolute Gasteiger partial charge is 0.0470 e. The summed E-state index contributed by atoms with van der Waals surface area (Å²) in [5.41, 5.74) is 7.12. The normalized spacial score (nSPS) is 11.0. The number of nitrogens with one attached hydrogen (secondary N) is 1. The van der Waals surface area contributed by atoms with Crippen molar-refractivity contribution in [2.75, 3.05) is 5.32 Å². The maximum atomic E-state index is 3.65. The van der Waals surface area contributed by atoms with Crippen LogP contribution >= 0.6 is 0 Å². The van der Waals surface area contributed by atoms with Crippen LogP contribution in [-0.2, 0) is 0 Å². The van der Waals surface area contributed by atoms with Crippen LogP contribution in [0.3, 0.4) is 0 Å². The highest BCUT2D eigenvalue weighted by Crippen LogP contribution is 2.34. The lowest BCUT2D eigenvalue weighted by atomic mass is 9.99. The molecule has 33 heavy (non-hydrogen) atoms. The average Bonchev–Trinajstić information content (AvgIpc) is 2.90. The molecule has 0 spiro atoms. The molecule has 6 aromatic rings. The molecule has 0 heterocycles. The Labute approximate surface area is 194 Å². The highest BCUT2D eigenvalue weighted by atomic mass is 14.9. The predicted octanol–water partition coefficient (Wildman–Crippen LogP) is 9.07. The van der Waals surface area contributed by atoms with E-state index in [0.717, 1.165) is 11.4 Å². The third-order valence-corrected chi connectivity index (χ3v) is 6.26. The molecule has 0 radical (unpaired) electrons. The lowest BCUT2D eigenvalue weighted by molar-refractivity contribution is 1.56. The lowest BCUT2D eigenvalue weighted by Crippen LogP contribution is -1.92. The van der Waals surface area contributed by atoms with E-state index in [9.17, 15) is 0 Å². The quantitative estimate of drug-likeness (QED) is 0.280. The van der Waals surface area contributed by atoms with Gasteiger partial charge in [-0.3, -0.25) is 0 Å². The predicted molar refractivity (Wildman–Crippen MR) is 142 cm³/mol. The van der Waals surface area contributed by atoms with Crippen LogP contribution in [0, 0.1) is 0 Å². The lowest BCUT2D eigenvalue weighted by Gasteiger charge is -2.13. The second-order valence-corrected chi connectivity index (χ2v) is 8.34. The Kier molecular flexibility index (Phi) is 4.86. The number of rotatable bonds is 4. The molecule has 1 N–H and O–H groups in total.